The van der Waals surface area contributed by atoms with Crippen LogP contribution in [0.5, 0.6) is 0 Å². The fourth-order valence-corrected chi connectivity index (χ4v) is 2.11. The lowest BCUT2D eigenvalue weighted by Gasteiger charge is -1.93. The first-order chi connectivity index (χ1) is 6.90. The minimum absolute atomic E-state index is 0.474. The molecule has 68 valence electrons. The maximum absolute atomic E-state index is 8.38. The van der Waals surface area contributed by atoms with E-state index in [4.69, 9.17) is 5.26 Å². The molecule has 0 aliphatic rings. The van der Waals surface area contributed by atoms with Gasteiger partial charge in [0, 0.05) is 4.70 Å². The topological polar surface area (TPSA) is 23.8 Å². The smallest absolute Gasteiger partial charge is 0.0663 e. The quantitative estimate of drug-likeness (QED) is 0.721. The zero-order valence-corrected chi connectivity index (χ0v) is 8.42. The van der Waals surface area contributed by atoms with Gasteiger partial charge in [0.05, 0.1) is 12.5 Å². The molecule has 0 saturated carbocycles. The Morgan fingerprint density at radius 3 is 3.14 bits per heavy atom. The summed E-state index contributed by atoms with van der Waals surface area (Å²) in [6.45, 7) is 0. The van der Waals surface area contributed by atoms with Gasteiger partial charge in [-0.2, -0.15) is 5.26 Å². The van der Waals surface area contributed by atoms with Crippen LogP contribution in [0.2, 0.25) is 0 Å². The Kier molecular flexibility index (Phi) is 2.62. The number of thiophene rings is 1. The number of rotatable bonds is 2. The van der Waals surface area contributed by atoms with Crippen LogP contribution in [0.15, 0.2) is 35.7 Å². The predicted molar refractivity (Wildman–Crippen MR) is 61.1 cm³/mol. The van der Waals surface area contributed by atoms with E-state index in [-0.39, 0.29) is 0 Å². The third-order valence-corrected chi connectivity index (χ3v) is 2.89. The summed E-state index contributed by atoms with van der Waals surface area (Å²) in [7, 11) is 0. The lowest BCUT2D eigenvalue weighted by atomic mass is 10.1. The molecule has 2 rings (SSSR count). The van der Waals surface area contributed by atoms with E-state index in [0.29, 0.717) is 6.42 Å². The highest BCUT2D eigenvalue weighted by molar-refractivity contribution is 7.17. The standard InChI is InChI=1S/C12H9NS/c13-7-2-1-3-10-4-5-12-11(9-10)6-8-14-12/h1,3-6,8-9H,2H2. The van der Waals surface area contributed by atoms with Gasteiger partial charge in [0.2, 0.25) is 0 Å². The van der Waals surface area contributed by atoms with Crippen molar-refractivity contribution in [1.82, 2.24) is 0 Å². The van der Waals surface area contributed by atoms with Crippen molar-refractivity contribution in [3.05, 3.63) is 41.3 Å². The fraction of sp³-hybridized carbons (Fsp3) is 0.0833. The number of fused-ring (bicyclic) bond motifs is 1. The molecule has 0 atom stereocenters. The van der Waals surface area contributed by atoms with Gasteiger partial charge in [-0.15, -0.1) is 11.3 Å². The Bertz CT molecular complexity index is 502. The summed E-state index contributed by atoms with van der Waals surface area (Å²) in [4.78, 5) is 0. The normalized spacial score (nSPS) is 10.8. The van der Waals surface area contributed by atoms with Gasteiger partial charge in [0.1, 0.15) is 0 Å². The van der Waals surface area contributed by atoms with Crippen molar-refractivity contribution in [3.63, 3.8) is 0 Å². The van der Waals surface area contributed by atoms with E-state index in [1.165, 1.54) is 10.1 Å². The molecule has 0 aliphatic heterocycles. The van der Waals surface area contributed by atoms with Gasteiger partial charge < -0.3 is 0 Å². The van der Waals surface area contributed by atoms with Gasteiger partial charge in [-0.1, -0.05) is 18.2 Å². The van der Waals surface area contributed by atoms with Gasteiger partial charge >= 0.3 is 0 Å². The van der Waals surface area contributed by atoms with Crippen LogP contribution in [-0.4, -0.2) is 0 Å². The van der Waals surface area contributed by atoms with Crippen molar-refractivity contribution in [1.29, 1.82) is 5.26 Å². The van der Waals surface area contributed by atoms with Crippen LogP contribution in [0, 0.1) is 11.3 Å². The number of hydrogen-bond acceptors (Lipinski definition) is 2. The second-order valence-corrected chi connectivity index (χ2v) is 3.93. The molecule has 1 heterocycles. The Morgan fingerprint density at radius 1 is 1.36 bits per heavy atom. The highest BCUT2D eigenvalue weighted by Crippen LogP contribution is 2.22. The molecule has 0 aliphatic carbocycles. The van der Waals surface area contributed by atoms with Gasteiger partial charge in [0.15, 0.2) is 0 Å². The van der Waals surface area contributed by atoms with Crippen LogP contribution in [0.4, 0.5) is 0 Å². The van der Waals surface area contributed by atoms with E-state index >= 15 is 0 Å². The second kappa shape index (κ2) is 4.08. The van der Waals surface area contributed by atoms with E-state index in [0.717, 1.165) is 5.56 Å². The summed E-state index contributed by atoms with van der Waals surface area (Å²) in [6, 6.07) is 10.5. The highest BCUT2D eigenvalue weighted by Gasteiger charge is 1.94. The van der Waals surface area contributed by atoms with E-state index in [2.05, 4.69) is 35.7 Å². The summed E-state index contributed by atoms with van der Waals surface area (Å²) in [5.41, 5.74) is 1.16. The molecule has 1 aromatic heterocycles. The Morgan fingerprint density at radius 2 is 2.29 bits per heavy atom. The van der Waals surface area contributed by atoms with Crippen molar-refractivity contribution in [3.8, 4) is 6.07 Å². The average molecular weight is 199 g/mol. The van der Waals surface area contributed by atoms with Crippen LogP contribution in [-0.2, 0) is 0 Å². The number of hydrogen-bond donors (Lipinski definition) is 0. The van der Waals surface area contributed by atoms with Crippen molar-refractivity contribution in [2.45, 2.75) is 6.42 Å². The Hall–Kier alpha value is -1.59. The number of allylic oxidation sites excluding steroid dienone is 1. The van der Waals surface area contributed by atoms with Crippen LogP contribution >= 0.6 is 11.3 Å². The maximum Gasteiger partial charge on any atom is 0.0663 e. The minimum Gasteiger partial charge on any atom is -0.198 e. The number of benzene rings is 1. The molecule has 2 aromatic rings. The molecule has 14 heavy (non-hydrogen) atoms. The molecule has 0 fully saturated rings. The molecule has 0 spiro atoms. The number of nitrogens with zero attached hydrogens (tertiary/aromatic N) is 1. The lowest BCUT2D eigenvalue weighted by Crippen LogP contribution is -1.70. The first-order valence-electron chi connectivity index (χ1n) is 4.41. The Labute approximate surface area is 86.9 Å². The highest BCUT2D eigenvalue weighted by atomic mass is 32.1. The van der Waals surface area contributed by atoms with Crippen LogP contribution in [0.3, 0.4) is 0 Å². The zero-order valence-electron chi connectivity index (χ0n) is 7.60. The molecule has 1 aromatic carbocycles. The third kappa shape index (κ3) is 1.84. The van der Waals surface area contributed by atoms with Gasteiger partial charge in [-0.25, -0.2) is 0 Å². The molecule has 0 saturated heterocycles. The predicted octanol–water partition coefficient (Wildman–Crippen LogP) is 3.83. The molecule has 0 unspecified atom stereocenters. The third-order valence-electron chi connectivity index (χ3n) is 2.00. The summed E-state index contributed by atoms with van der Waals surface area (Å²) in [5.74, 6) is 0. The largest absolute Gasteiger partial charge is 0.198 e. The second-order valence-electron chi connectivity index (χ2n) is 2.98. The molecular formula is C12H9NS. The summed E-state index contributed by atoms with van der Waals surface area (Å²) in [6.07, 6.45) is 4.34. The molecule has 0 N–H and O–H groups in total. The molecular weight excluding hydrogens is 190 g/mol. The zero-order chi connectivity index (χ0) is 9.80. The number of nitriles is 1. The van der Waals surface area contributed by atoms with E-state index in [9.17, 15) is 0 Å². The maximum atomic E-state index is 8.38. The molecule has 0 amide bonds. The van der Waals surface area contributed by atoms with Crippen LogP contribution in [0.25, 0.3) is 16.2 Å². The average Bonchev–Trinajstić information content (AvgIpc) is 2.65. The summed E-state index contributed by atoms with van der Waals surface area (Å²) in [5, 5.41) is 11.7. The van der Waals surface area contributed by atoms with Crippen molar-refractivity contribution in [2.75, 3.05) is 0 Å². The van der Waals surface area contributed by atoms with Crippen LogP contribution in [0.1, 0.15) is 12.0 Å². The summed E-state index contributed by atoms with van der Waals surface area (Å²) < 4.78 is 1.31. The first-order valence-corrected chi connectivity index (χ1v) is 5.29. The van der Waals surface area contributed by atoms with Crippen molar-refractivity contribution in [2.24, 2.45) is 0 Å². The molecule has 1 nitrogen and oxygen atoms in total. The lowest BCUT2D eigenvalue weighted by molar-refractivity contribution is 1.36. The first kappa shape index (κ1) is 8.98. The fourth-order valence-electron chi connectivity index (χ4n) is 1.34. The van der Waals surface area contributed by atoms with Gasteiger partial charge in [-0.3, -0.25) is 0 Å². The monoisotopic (exact) mass is 199 g/mol. The van der Waals surface area contributed by atoms with Crippen LogP contribution < -0.4 is 0 Å². The Balaban J connectivity index is 2.31. The van der Waals surface area contributed by atoms with Crippen molar-refractivity contribution >= 4 is 27.5 Å². The van der Waals surface area contributed by atoms with E-state index < -0.39 is 0 Å². The summed E-state index contributed by atoms with van der Waals surface area (Å²) >= 11 is 1.75. The molecule has 0 radical (unpaired) electrons. The minimum atomic E-state index is 0.474. The van der Waals surface area contributed by atoms with E-state index in [1.807, 2.05) is 12.2 Å². The van der Waals surface area contributed by atoms with Gasteiger partial charge in [-0.05, 0) is 34.5 Å². The van der Waals surface area contributed by atoms with Crippen molar-refractivity contribution < 1.29 is 0 Å². The SMILES string of the molecule is N#CCC=Cc1ccc2sccc2c1. The van der Waals surface area contributed by atoms with E-state index in [1.54, 1.807) is 11.3 Å². The molecule has 0 bridgehead atoms. The van der Waals surface area contributed by atoms with Gasteiger partial charge in [0.25, 0.3) is 0 Å². The molecule has 2 heteroatoms.